The number of rotatable bonds is 7. The van der Waals surface area contributed by atoms with Crippen molar-refractivity contribution in [3.63, 3.8) is 0 Å². The summed E-state index contributed by atoms with van der Waals surface area (Å²) in [6.45, 7) is 0. The van der Waals surface area contributed by atoms with Gasteiger partial charge in [-0.3, -0.25) is 0 Å². The van der Waals surface area contributed by atoms with Gasteiger partial charge in [0, 0.05) is 32.9 Å². The van der Waals surface area contributed by atoms with E-state index in [4.69, 9.17) is 4.42 Å². The first-order chi connectivity index (χ1) is 26.8. The first-order valence-electron chi connectivity index (χ1n) is 18.4. The Bertz CT molecular complexity index is 2810. The lowest BCUT2D eigenvalue weighted by atomic mass is 9.91. The lowest BCUT2D eigenvalue weighted by Gasteiger charge is -2.27. The lowest BCUT2D eigenvalue weighted by Crippen LogP contribution is -2.10. The fourth-order valence-corrected chi connectivity index (χ4v) is 7.92. The molecule has 0 bridgehead atoms. The predicted octanol–water partition coefficient (Wildman–Crippen LogP) is 14.9. The standard InChI is InChI=1S/C52H35NO/c1-4-15-36(16-5-1)38-27-31-41(32-28-38)53(42-33-29-39(30-34-42)37-17-6-2-7-18-37)49-35-48-51-46(44-22-11-10-21-43(44)40-19-8-3-9-20-40)25-14-26-50(51)54-52(48)47-24-13-12-23-45(47)49/h1-35H. The molecule has 2 nitrogen and oxygen atoms in total. The van der Waals surface area contributed by atoms with Gasteiger partial charge in [-0.2, -0.15) is 0 Å². The maximum absolute atomic E-state index is 6.83. The highest BCUT2D eigenvalue weighted by molar-refractivity contribution is 6.23. The molecule has 0 unspecified atom stereocenters. The van der Waals surface area contributed by atoms with Crippen LogP contribution in [-0.2, 0) is 0 Å². The van der Waals surface area contributed by atoms with Crippen LogP contribution in [-0.4, -0.2) is 0 Å². The minimum Gasteiger partial charge on any atom is -0.455 e. The van der Waals surface area contributed by atoms with E-state index in [-0.39, 0.29) is 0 Å². The van der Waals surface area contributed by atoms with Crippen molar-refractivity contribution in [2.75, 3.05) is 4.90 Å². The van der Waals surface area contributed by atoms with Crippen LogP contribution in [0.15, 0.2) is 217 Å². The number of benzene rings is 9. The molecule has 0 aliphatic carbocycles. The molecule has 0 amide bonds. The van der Waals surface area contributed by atoms with Crippen molar-refractivity contribution >= 4 is 49.8 Å². The Kier molecular flexibility index (Phi) is 7.85. The average Bonchev–Trinajstić information content (AvgIpc) is 3.64. The van der Waals surface area contributed by atoms with Gasteiger partial charge in [0.1, 0.15) is 11.2 Å². The molecule has 54 heavy (non-hydrogen) atoms. The third kappa shape index (κ3) is 5.53. The first-order valence-corrected chi connectivity index (χ1v) is 18.4. The van der Waals surface area contributed by atoms with Crippen molar-refractivity contribution in [1.82, 2.24) is 0 Å². The molecule has 0 saturated carbocycles. The van der Waals surface area contributed by atoms with Gasteiger partial charge in [0.15, 0.2) is 0 Å². The van der Waals surface area contributed by atoms with E-state index < -0.39 is 0 Å². The lowest BCUT2D eigenvalue weighted by molar-refractivity contribution is 0.673. The summed E-state index contributed by atoms with van der Waals surface area (Å²) in [7, 11) is 0. The second kappa shape index (κ2) is 13.4. The normalized spacial score (nSPS) is 11.3. The molecule has 0 atom stereocenters. The number of fused-ring (bicyclic) bond motifs is 5. The highest BCUT2D eigenvalue weighted by Crippen LogP contribution is 2.47. The number of hydrogen-bond donors (Lipinski definition) is 0. The fraction of sp³-hybridized carbons (Fsp3) is 0. The van der Waals surface area contributed by atoms with E-state index >= 15 is 0 Å². The Morgan fingerprint density at radius 2 is 0.778 bits per heavy atom. The average molecular weight is 690 g/mol. The van der Waals surface area contributed by atoms with Crippen molar-refractivity contribution in [2.45, 2.75) is 0 Å². The van der Waals surface area contributed by atoms with Crippen LogP contribution in [0, 0.1) is 0 Å². The second-order valence-corrected chi connectivity index (χ2v) is 13.7. The van der Waals surface area contributed by atoms with E-state index in [9.17, 15) is 0 Å². The summed E-state index contributed by atoms with van der Waals surface area (Å²) in [6, 6.07) is 75.7. The zero-order chi connectivity index (χ0) is 35.8. The highest BCUT2D eigenvalue weighted by Gasteiger charge is 2.22. The number of nitrogens with zero attached hydrogens (tertiary/aromatic N) is 1. The van der Waals surface area contributed by atoms with Gasteiger partial charge in [-0.1, -0.05) is 176 Å². The van der Waals surface area contributed by atoms with Crippen LogP contribution in [0.5, 0.6) is 0 Å². The first kappa shape index (κ1) is 31.6. The zero-order valence-corrected chi connectivity index (χ0v) is 29.6. The maximum atomic E-state index is 6.83. The summed E-state index contributed by atoms with van der Waals surface area (Å²) in [6.07, 6.45) is 0. The van der Waals surface area contributed by atoms with Gasteiger partial charge in [0.2, 0.25) is 0 Å². The van der Waals surface area contributed by atoms with Crippen LogP contribution in [0.25, 0.3) is 77.2 Å². The molecular formula is C52H35NO. The van der Waals surface area contributed by atoms with E-state index in [2.05, 4.69) is 217 Å². The third-order valence-corrected chi connectivity index (χ3v) is 10.5. The van der Waals surface area contributed by atoms with Gasteiger partial charge in [-0.25, -0.2) is 0 Å². The highest BCUT2D eigenvalue weighted by atomic mass is 16.3. The Hall–Kier alpha value is -7.16. The zero-order valence-electron chi connectivity index (χ0n) is 29.6. The molecule has 0 aliphatic heterocycles. The van der Waals surface area contributed by atoms with E-state index in [1.54, 1.807) is 0 Å². The van der Waals surface area contributed by atoms with Crippen molar-refractivity contribution in [1.29, 1.82) is 0 Å². The minimum atomic E-state index is 0.874. The Morgan fingerprint density at radius 1 is 0.315 bits per heavy atom. The van der Waals surface area contributed by atoms with Crippen LogP contribution in [0.3, 0.4) is 0 Å². The van der Waals surface area contributed by atoms with Gasteiger partial charge in [0.25, 0.3) is 0 Å². The summed E-state index contributed by atoms with van der Waals surface area (Å²) in [4.78, 5) is 2.39. The predicted molar refractivity (Wildman–Crippen MR) is 228 cm³/mol. The molecule has 0 N–H and O–H groups in total. The van der Waals surface area contributed by atoms with E-state index in [1.807, 2.05) is 0 Å². The van der Waals surface area contributed by atoms with Gasteiger partial charge >= 0.3 is 0 Å². The van der Waals surface area contributed by atoms with Crippen LogP contribution in [0.4, 0.5) is 17.1 Å². The van der Waals surface area contributed by atoms with Gasteiger partial charge in [-0.05, 0) is 80.9 Å². The second-order valence-electron chi connectivity index (χ2n) is 13.7. The minimum absolute atomic E-state index is 0.874. The molecule has 1 aromatic heterocycles. The van der Waals surface area contributed by atoms with Crippen molar-refractivity contribution in [3.8, 4) is 44.5 Å². The number of hydrogen-bond acceptors (Lipinski definition) is 2. The summed E-state index contributed by atoms with van der Waals surface area (Å²) in [5, 5.41) is 4.40. The summed E-state index contributed by atoms with van der Waals surface area (Å²) < 4.78 is 6.83. The molecule has 0 spiro atoms. The molecular weight excluding hydrogens is 655 g/mol. The largest absolute Gasteiger partial charge is 0.455 e. The molecule has 9 aromatic carbocycles. The van der Waals surface area contributed by atoms with Crippen molar-refractivity contribution in [2.24, 2.45) is 0 Å². The van der Waals surface area contributed by atoms with Crippen LogP contribution in [0.1, 0.15) is 0 Å². The molecule has 0 aliphatic rings. The van der Waals surface area contributed by atoms with Gasteiger partial charge in [-0.15, -0.1) is 0 Å². The molecule has 254 valence electrons. The number of anilines is 3. The molecule has 2 heteroatoms. The third-order valence-electron chi connectivity index (χ3n) is 10.5. The van der Waals surface area contributed by atoms with Crippen molar-refractivity contribution in [3.05, 3.63) is 212 Å². The molecule has 1 heterocycles. The SMILES string of the molecule is c1ccc(-c2ccc(N(c3ccc(-c4ccccc4)cc3)c3cc4c(oc5cccc(-c6ccccc6-c6ccccc6)c54)c4ccccc34)cc2)cc1. The van der Waals surface area contributed by atoms with Crippen LogP contribution < -0.4 is 4.90 Å². The quantitative estimate of drug-likeness (QED) is 0.166. The topological polar surface area (TPSA) is 16.4 Å². The molecule has 10 rings (SSSR count). The van der Waals surface area contributed by atoms with Crippen LogP contribution >= 0.6 is 0 Å². The van der Waals surface area contributed by atoms with E-state index in [0.29, 0.717) is 0 Å². The Morgan fingerprint density at radius 3 is 1.37 bits per heavy atom. The van der Waals surface area contributed by atoms with E-state index in [1.165, 1.54) is 38.9 Å². The summed E-state index contributed by atoms with van der Waals surface area (Å²) in [5.41, 5.74) is 14.5. The number of furan rings is 1. The smallest absolute Gasteiger partial charge is 0.143 e. The monoisotopic (exact) mass is 689 g/mol. The van der Waals surface area contributed by atoms with Crippen LogP contribution in [0.2, 0.25) is 0 Å². The molecule has 10 aromatic rings. The summed E-state index contributed by atoms with van der Waals surface area (Å²) in [5.74, 6) is 0. The van der Waals surface area contributed by atoms with Gasteiger partial charge in [0.05, 0.1) is 5.69 Å². The Labute approximate surface area is 314 Å². The molecule has 0 fully saturated rings. The Balaban J connectivity index is 1.22. The summed E-state index contributed by atoms with van der Waals surface area (Å²) >= 11 is 0. The molecule has 0 saturated heterocycles. The maximum Gasteiger partial charge on any atom is 0.143 e. The molecule has 0 radical (unpaired) electrons. The fourth-order valence-electron chi connectivity index (χ4n) is 7.92. The van der Waals surface area contributed by atoms with E-state index in [0.717, 1.165) is 55.3 Å². The van der Waals surface area contributed by atoms with Crippen molar-refractivity contribution < 1.29 is 4.42 Å². The van der Waals surface area contributed by atoms with Gasteiger partial charge < -0.3 is 9.32 Å².